The Bertz CT molecular complexity index is 421. The van der Waals surface area contributed by atoms with E-state index < -0.39 is 0 Å². The number of nitrogens with zero attached hydrogens (tertiary/aromatic N) is 2. The maximum atomic E-state index is 6.07. The Morgan fingerprint density at radius 3 is 2.74 bits per heavy atom. The molecule has 0 radical (unpaired) electrons. The second-order valence-electron chi connectivity index (χ2n) is 5.36. The summed E-state index contributed by atoms with van der Waals surface area (Å²) in [6.45, 7) is 7.74. The van der Waals surface area contributed by atoms with Crippen LogP contribution in [0.4, 0.5) is 5.82 Å². The van der Waals surface area contributed by atoms with Crippen molar-refractivity contribution >= 4 is 17.4 Å². The summed E-state index contributed by atoms with van der Waals surface area (Å²) in [5.41, 5.74) is 0. The van der Waals surface area contributed by atoms with E-state index in [-0.39, 0.29) is 6.04 Å². The molecule has 5 heteroatoms. The predicted octanol–water partition coefficient (Wildman–Crippen LogP) is 3.48. The van der Waals surface area contributed by atoms with Gasteiger partial charge in [-0.2, -0.15) is 0 Å². The summed E-state index contributed by atoms with van der Waals surface area (Å²) in [4.78, 5) is 8.86. The Hall–Kier alpha value is -0.870. The van der Waals surface area contributed by atoms with Crippen LogP contribution in [0.5, 0.6) is 0 Å². The van der Waals surface area contributed by atoms with Crippen LogP contribution in [-0.2, 0) is 4.74 Å². The molecule has 1 aliphatic rings. The molecule has 0 aliphatic heterocycles. The van der Waals surface area contributed by atoms with Gasteiger partial charge in [0.15, 0.2) is 0 Å². The fourth-order valence-corrected chi connectivity index (χ4v) is 2.06. The summed E-state index contributed by atoms with van der Waals surface area (Å²) in [5, 5.41) is 3.93. The smallest absolute Gasteiger partial charge is 0.135 e. The van der Waals surface area contributed by atoms with E-state index in [0.717, 1.165) is 18.2 Å². The lowest BCUT2D eigenvalue weighted by atomic mass is 10.1. The molecule has 4 nitrogen and oxygen atoms in total. The third-order valence-corrected chi connectivity index (χ3v) is 3.49. The molecule has 0 saturated heterocycles. The van der Waals surface area contributed by atoms with E-state index in [1.165, 1.54) is 12.8 Å². The molecule has 1 aromatic heterocycles. The van der Waals surface area contributed by atoms with Crippen LogP contribution in [0, 0.1) is 5.92 Å². The summed E-state index contributed by atoms with van der Waals surface area (Å²) in [7, 11) is 0. The first-order valence-corrected chi connectivity index (χ1v) is 7.36. The lowest BCUT2D eigenvalue weighted by molar-refractivity contribution is 0.126. The minimum atomic E-state index is 0.234. The fourth-order valence-electron chi connectivity index (χ4n) is 1.87. The second kappa shape index (κ2) is 6.53. The summed E-state index contributed by atoms with van der Waals surface area (Å²) < 4.78 is 5.51. The monoisotopic (exact) mass is 283 g/mol. The number of nitrogens with one attached hydrogen (secondary N) is 1. The largest absolute Gasteiger partial charge is 0.380 e. The highest BCUT2D eigenvalue weighted by Gasteiger charge is 2.27. The number of ether oxygens (including phenoxy) is 1. The van der Waals surface area contributed by atoms with Gasteiger partial charge in [0.25, 0.3) is 0 Å². The van der Waals surface area contributed by atoms with Crippen molar-refractivity contribution in [1.29, 1.82) is 0 Å². The number of rotatable bonds is 7. The van der Waals surface area contributed by atoms with E-state index in [9.17, 15) is 0 Å². The van der Waals surface area contributed by atoms with Gasteiger partial charge in [-0.15, -0.1) is 0 Å². The second-order valence-corrected chi connectivity index (χ2v) is 5.75. The van der Waals surface area contributed by atoms with Crippen molar-refractivity contribution in [3.63, 3.8) is 0 Å². The lowest BCUT2D eigenvalue weighted by Crippen LogP contribution is -2.31. The van der Waals surface area contributed by atoms with Crippen LogP contribution in [0.3, 0.4) is 0 Å². The Labute approximate surface area is 119 Å². The summed E-state index contributed by atoms with van der Waals surface area (Å²) in [5.74, 6) is 2.64. The maximum absolute atomic E-state index is 6.07. The highest BCUT2D eigenvalue weighted by atomic mass is 35.5. The third kappa shape index (κ3) is 4.32. The molecule has 0 amide bonds. The van der Waals surface area contributed by atoms with E-state index in [4.69, 9.17) is 16.3 Å². The zero-order valence-corrected chi connectivity index (χ0v) is 12.6. The lowest BCUT2D eigenvalue weighted by Gasteiger charge is -2.23. The van der Waals surface area contributed by atoms with E-state index in [0.29, 0.717) is 23.6 Å². The van der Waals surface area contributed by atoms with Crippen LogP contribution < -0.4 is 5.32 Å². The van der Waals surface area contributed by atoms with Crippen molar-refractivity contribution in [2.24, 2.45) is 5.92 Å². The van der Waals surface area contributed by atoms with Crippen LogP contribution in [0.2, 0.25) is 5.15 Å². The summed E-state index contributed by atoms with van der Waals surface area (Å²) >= 11 is 6.07. The van der Waals surface area contributed by atoms with Gasteiger partial charge in [-0.1, -0.05) is 25.4 Å². The van der Waals surface area contributed by atoms with Gasteiger partial charge in [-0.3, -0.25) is 0 Å². The van der Waals surface area contributed by atoms with E-state index in [2.05, 4.69) is 29.1 Å². The van der Waals surface area contributed by atoms with Gasteiger partial charge in [-0.25, -0.2) is 9.97 Å². The SMILES string of the molecule is CCOCC(Nc1cc(Cl)nc(C2CC2)n1)C(C)C. The Kier molecular flexibility index (Phi) is 4.99. The number of halogens is 1. The molecule has 0 spiro atoms. The van der Waals surface area contributed by atoms with Crippen LogP contribution >= 0.6 is 11.6 Å². The quantitative estimate of drug-likeness (QED) is 0.778. The number of anilines is 1. The predicted molar refractivity (Wildman–Crippen MR) is 77.8 cm³/mol. The molecule has 1 N–H and O–H groups in total. The maximum Gasteiger partial charge on any atom is 0.135 e. The molecule has 106 valence electrons. The van der Waals surface area contributed by atoms with Gasteiger partial charge in [0.05, 0.1) is 12.6 Å². The van der Waals surface area contributed by atoms with Gasteiger partial charge < -0.3 is 10.1 Å². The molecule has 1 aliphatic carbocycles. The molecule has 19 heavy (non-hydrogen) atoms. The van der Waals surface area contributed by atoms with Gasteiger partial charge in [-0.05, 0) is 25.7 Å². The Morgan fingerprint density at radius 2 is 2.16 bits per heavy atom. The Morgan fingerprint density at radius 1 is 1.42 bits per heavy atom. The van der Waals surface area contributed by atoms with Gasteiger partial charge in [0, 0.05) is 18.6 Å². The first kappa shape index (κ1) is 14.5. The van der Waals surface area contributed by atoms with Gasteiger partial charge in [0.2, 0.25) is 0 Å². The Balaban J connectivity index is 2.06. The molecular weight excluding hydrogens is 262 g/mol. The van der Waals surface area contributed by atoms with Crippen LogP contribution in [0.15, 0.2) is 6.07 Å². The van der Waals surface area contributed by atoms with Gasteiger partial charge in [0.1, 0.15) is 16.8 Å². The molecule has 0 bridgehead atoms. The molecule has 1 fully saturated rings. The van der Waals surface area contributed by atoms with Crippen molar-refractivity contribution in [3.8, 4) is 0 Å². The topological polar surface area (TPSA) is 47.0 Å². The van der Waals surface area contributed by atoms with E-state index >= 15 is 0 Å². The number of hydrogen-bond donors (Lipinski definition) is 1. The van der Waals surface area contributed by atoms with Crippen molar-refractivity contribution in [1.82, 2.24) is 9.97 Å². The molecule has 1 unspecified atom stereocenters. The van der Waals surface area contributed by atoms with Crippen LogP contribution in [-0.4, -0.2) is 29.2 Å². The van der Waals surface area contributed by atoms with Crippen molar-refractivity contribution in [2.45, 2.75) is 45.6 Å². The van der Waals surface area contributed by atoms with Crippen molar-refractivity contribution in [3.05, 3.63) is 17.0 Å². The zero-order valence-electron chi connectivity index (χ0n) is 11.8. The minimum absolute atomic E-state index is 0.234. The van der Waals surface area contributed by atoms with Crippen LogP contribution in [0.25, 0.3) is 0 Å². The zero-order chi connectivity index (χ0) is 13.8. The average Bonchev–Trinajstić information content (AvgIpc) is 3.17. The third-order valence-electron chi connectivity index (χ3n) is 3.29. The molecule has 2 rings (SSSR count). The number of hydrogen-bond acceptors (Lipinski definition) is 4. The fraction of sp³-hybridized carbons (Fsp3) is 0.714. The van der Waals surface area contributed by atoms with E-state index in [1.54, 1.807) is 6.07 Å². The molecule has 1 atom stereocenters. The molecule has 1 saturated carbocycles. The first-order chi connectivity index (χ1) is 9.10. The summed E-state index contributed by atoms with van der Waals surface area (Å²) in [6, 6.07) is 2.02. The molecular formula is C14H22ClN3O. The average molecular weight is 284 g/mol. The van der Waals surface area contributed by atoms with Crippen LogP contribution in [0.1, 0.15) is 45.4 Å². The van der Waals surface area contributed by atoms with Crippen molar-refractivity contribution < 1.29 is 4.74 Å². The minimum Gasteiger partial charge on any atom is -0.380 e. The molecule has 1 aromatic rings. The van der Waals surface area contributed by atoms with E-state index in [1.807, 2.05) is 6.92 Å². The normalized spacial score (nSPS) is 16.7. The molecule has 1 heterocycles. The standard InChI is InChI=1S/C14H22ClN3O/c1-4-19-8-11(9(2)3)16-13-7-12(15)17-14(18-13)10-5-6-10/h7,9-11H,4-6,8H2,1-3H3,(H,16,17,18). The van der Waals surface area contributed by atoms with Crippen molar-refractivity contribution in [2.75, 3.05) is 18.5 Å². The molecule has 0 aromatic carbocycles. The van der Waals surface area contributed by atoms with Gasteiger partial charge >= 0.3 is 0 Å². The highest BCUT2D eigenvalue weighted by Crippen LogP contribution is 2.38. The number of aromatic nitrogens is 2. The highest BCUT2D eigenvalue weighted by molar-refractivity contribution is 6.29. The first-order valence-electron chi connectivity index (χ1n) is 6.99. The summed E-state index contributed by atoms with van der Waals surface area (Å²) in [6.07, 6.45) is 2.35.